The zero-order valence-corrected chi connectivity index (χ0v) is 12.7. The normalized spacial score (nSPS) is 16.8. The molecule has 18 heavy (non-hydrogen) atoms. The molecule has 0 atom stereocenters. The summed E-state index contributed by atoms with van der Waals surface area (Å²) in [7, 11) is 1.84. The van der Waals surface area contributed by atoms with Gasteiger partial charge >= 0.3 is 0 Å². The van der Waals surface area contributed by atoms with E-state index in [9.17, 15) is 0 Å². The van der Waals surface area contributed by atoms with Crippen molar-refractivity contribution in [1.29, 1.82) is 0 Å². The van der Waals surface area contributed by atoms with Gasteiger partial charge in [0.25, 0.3) is 0 Å². The molecule has 0 aromatic heterocycles. The molecule has 1 rings (SSSR count). The summed E-state index contributed by atoms with van der Waals surface area (Å²) in [5, 5.41) is 6.77. The summed E-state index contributed by atoms with van der Waals surface area (Å²) in [5.74, 6) is 1.82. The molecular weight excluding hydrogens is 224 g/mol. The molecule has 0 saturated heterocycles. The van der Waals surface area contributed by atoms with Crippen molar-refractivity contribution in [2.75, 3.05) is 26.7 Å². The third-order valence-corrected chi connectivity index (χ3v) is 3.47. The summed E-state index contributed by atoms with van der Waals surface area (Å²) in [6, 6.07) is 1.18. The molecule has 4 heteroatoms. The second-order valence-corrected chi connectivity index (χ2v) is 5.75. The predicted molar refractivity (Wildman–Crippen MR) is 79.1 cm³/mol. The summed E-state index contributed by atoms with van der Waals surface area (Å²) in [6.07, 6.45) is 2.75. The molecule has 0 amide bonds. The number of nitrogens with zero attached hydrogens (tertiary/aromatic N) is 2. The lowest BCUT2D eigenvalue weighted by Crippen LogP contribution is -2.45. The monoisotopic (exact) mass is 254 g/mol. The number of guanidine groups is 1. The van der Waals surface area contributed by atoms with Crippen LogP contribution in [-0.2, 0) is 0 Å². The topological polar surface area (TPSA) is 39.7 Å². The van der Waals surface area contributed by atoms with Crippen LogP contribution in [0, 0.1) is 5.92 Å². The number of hydrogen-bond donors (Lipinski definition) is 2. The Balaban J connectivity index is 2.20. The quantitative estimate of drug-likeness (QED) is 0.536. The lowest BCUT2D eigenvalue weighted by molar-refractivity contribution is 0.178. The van der Waals surface area contributed by atoms with Gasteiger partial charge in [-0.2, -0.15) is 0 Å². The van der Waals surface area contributed by atoms with Gasteiger partial charge in [0.1, 0.15) is 0 Å². The summed E-state index contributed by atoms with van der Waals surface area (Å²) in [4.78, 5) is 6.74. The van der Waals surface area contributed by atoms with Crippen molar-refractivity contribution in [3.63, 3.8) is 0 Å². The molecule has 106 valence electrons. The van der Waals surface area contributed by atoms with E-state index in [4.69, 9.17) is 0 Å². The smallest absolute Gasteiger partial charge is 0.191 e. The molecule has 4 nitrogen and oxygen atoms in total. The average Bonchev–Trinajstić information content (AvgIpc) is 3.11. The molecule has 0 aromatic rings. The average molecular weight is 254 g/mol. The van der Waals surface area contributed by atoms with E-state index in [2.05, 4.69) is 48.2 Å². The van der Waals surface area contributed by atoms with Crippen molar-refractivity contribution in [3.8, 4) is 0 Å². The van der Waals surface area contributed by atoms with Crippen LogP contribution < -0.4 is 10.6 Å². The molecule has 1 aliphatic carbocycles. The molecule has 2 N–H and O–H groups in total. The van der Waals surface area contributed by atoms with Crippen LogP contribution in [-0.4, -0.2) is 49.6 Å². The summed E-state index contributed by atoms with van der Waals surface area (Å²) in [6.45, 7) is 12.1. The molecule has 0 bridgehead atoms. The van der Waals surface area contributed by atoms with Gasteiger partial charge in [-0.25, -0.2) is 0 Å². The van der Waals surface area contributed by atoms with E-state index in [0.29, 0.717) is 12.1 Å². The van der Waals surface area contributed by atoms with Gasteiger partial charge in [-0.15, -0.1) is 0 Å². The van der Waals surface area contributed by atoms with E-state index < -0.39 is 0 Å². The molecular formula is C14H30N4. The van der Waals surface area contributed by atoms with E-state index >= 15 is 0 Å². The van der Waals surface area contributed by atoms with Crippen LogP contribution in [0.2, 0.25) is 0 Å². The highest BCUT2D eigenvalue weighted by molar-refractivity contribution is 5.79. The minimum atomic E-state index is 0.591. The van der Waals surface area contributed by atoms with E-state index in [1.54, 1.807) is 0 Å². The van der Waals surface area contributed by atoms with Gasteiger partial charge in [-0.3, -0.25) is 9.89 Å². The van der Waals surface area contributed by atoms with Gasteiger partial charge in [-0.05, 0) is 46.5 Å². The van der Waals surface area contributed by atoms with E-state index in [1.807, 2.05) is 7.05 Å². The van der Waals surface area contributed by atoms with E-state index in [1.165, 1.54) is 12.8 Å². The van der Waals surface area contributed by atoms with Gasteiger partial charge in [0.2, 0.25) is 0 Å². The second kappa shape index (κ2) is 7.62. The second-order valence-electron chi connectivity index (χ2n) is 5.75. The number of aliphatic imine (C=N–C) groups is 1. The van der Waals surface area contributed by atoms with Crippen LogP contribution >= 0.6 is 0 Å². The van der Waals surface area contributed by atoms with Crippen molar-refractivity contribution in [3.05, 3.63) is 0 Å². The highest BCUT2D eigenvalue weighted by atomic mass is 15.2. The molecule has 0 aromatic carbocycles. The lowest BCUT2D eigenvalue weighted by Gasteiger charge is -2.30. The van der Waals surface area contributed by atoms with Crippen molar-refractivity contribution in [2.24, 2.45) is 10.9 Å². The van der Waals surface area contributed by atoms with Crippen LogP contribution in [0.1, 0.15) is 40.5 Å². The maximum Gasteiger partial charge on any atom is 0.191 e. The first-order valence-corrected chi connectivity index (χ1v) is 7.24. The SMILES string of the molecule is CN=C(NCCN(C(C)C)C(C)C)NCC1CC1. The Morgan fingerprint density at radius 2 is 1.78 bits per heavy atom. The molecule has 0 radical (unpaired) electrons. The van der Waals surface area contributed by atoms with Crippen molar-refractivity contribution in [2.45, 2.75) is 52.6 Å². The Labute approximate surface area is 112 Å². The Morgan fingerprint density at radius 3 is 2.22 bits per heavy atom. The number of nitrogens with one attached hydrogen (secondary N) is 2. The van der Waals surface area contributed by atoms with Gasteiger partial charge in [0.15, 0.2) is 5.96 Å². The van der Waals surface area contributed by atoms with E-state index in [0.717, 1.165) is 31.5 Å². The number of hydrogen-bond acceptors (Lipinski definition) is 2. The minimum absolute atomic E-state index is 0.591. The minimum Gasteiger partial charge on any atom is -0.356 e. The molecule has 0 aliphatic heterocycles. The fourth-order valence-corrected chi connectivity index (χ4v) is 2.20. The molecule has 0 spiro atoms. The van der Waals surface area contributed by atoms with Crippen LogP contribution in [0.3, 0.4) is 0 Å². The molecule has 1 saturated carbocycles. The lowest BCUT2D eigenvalue weighted by atomic mass is 10.2. The predicted octanol–water partition coefficient (Wildman–Crippen LogP) is 1.68. The fourth-order valence-electron chi connectivity index (χ4n) is 2.20. The van der Waals surface area contributed by atoms with Crippen LogP contribution in [0.15, 0.2) is 4.99 Å². The highest BCUT2D eigenvalue weighted by Crippen LogP contribution is 2.27. The molecule has 1 fully saturated rings. The van der Waals surface area contributed by atoms with Gasteiger partial charge < -0.3 is 10.6 Å². The maximum atomic E-state index is 4.25. The Hall–Kier alpha value is -0.770. The summed E-state index contributed by atoms with van der Waals surface area (Å²) in [5.41, 5.74) is 0. The first-order valence-electron chi connectivity index (χ1n) is 7.24. The first-order chi connectivity index (χ1) is 8.54. The Morgan fingerprint density at radius 1 is 1.17 bits per heavy atom. The maximum absolute atomic E-state index is 4.25. The van der Waals surface area contributed by atoms with Gasteiger partial charge in [-0.1, -0.05) is 0 Å². The fraction of sp³-hybridized carbons (Fsp3) is 0.929. The summed E-state index contributed by atoms with van der Waals surface area (Å²) < 4.78 is 0. The zero-order valence-electron chi connectivity index (χ0n) is 12.7. The molecule has 1 aliphatic rings. The third-order valence-electron chi connectivity index (χ3n) is 3.47. The van der Waals surface area contributed by atoms with E-state index in [-0.39, 0.29) is 0 Å². The molecule has 0 unspecified atom stereocenters. The summed E-state index contributed by atoms with van der Waals surface area (Å²) >= 11 is 0. The van der Waals surface area contributed by atoms with Crippen LogP contribution in [0.25, 0.3) is 0 Å². The Bertz CT molecular complexity index is 249. The van der Waals surface area contributed by atoms with Crippen molar-refractivity contribution >= 4 is 5.96 Å². The van der Waals surface area contributed by atoms with Crippen molar-refractivity contribution in [1.82, 2.24) is 15.5 Å². The highest BCUT2D eigenvalue weighted by Gasteiger charge is 2.21. The zero-order chi connectivity index (χ0) is 13.5. The number of rotatable bonds is 7. The largest absolute Gasteiger partial charge is 0.356 e. The first kappa shape index (κ1) is 15.3. The van der Waals surface area contributed by atoms with Crippen LogP contribution in [0.4, 0.5) is 0 Å². The van der Waals surface area contributed by atoms with Gasteiger partial charge in [0, 0.05) is 38.8 Å². The van der Waals surface area contributed by atoms with Gasteiger partial charge in [0.05, 0.1) is 0 Å². The van der Waals surface area contributed by atoms with Crippen LogP contribution in [0.5, 0.6) is 0 Å². The standard InChI is InChI=1S/C14H30N4/c1-11(2)18(12(3)4)9-8-16-14(15-5)17-10-13-6-7-13/h11-13H,6-10H2,1-5H3,(H2,15,16,17). The Kier molecular flexibility index (Phi) is 6.47. The van der Waals surface area contributed by atoms with Crippen molar-refractivity contribution < 1.29 is 0 Å². The third kappa shape index (κ3) is 5.71. The molecule has 0 heterocycles.